The van der Waals surface area contributed by atoms with Gasteiger partial charge in [0.15, 0.2) is 11.6 Å². The number of fused-ring (bicyclic) bond motifs is 1. The molecule has 2 N–H and O–H groups in total. The lowest BCUT2D eigenvalue weighted by atomic mass is 10.2. The van der Waals surface area contributed by atoms with E-state index in [1.165, 1.54) is 15.7 Å². The largest absolute Gasteiger partial charge is 0.347 e. The van der Waals surface area contributed by atoms with Crippen molar-refractivity contribution in [2.75, 3.05) is 13.1 Å². The number of nitrogens with one attached hydrogen (secondary N) is 2. The van der Waals surface area contributed by atoms with Crippen LogP contribution in [0.3, 0.4) is 0 Å². The number of quaternary nitrogens is 1. The lowest BCUT2D eigenvalue weighted by Gasteiger charge is -2.19. The number of thiazole rings is 1. The van der Waals surface area contributed by atoms with Gasteiger partial charge in [-0.25, -0.2) is 9.37 Å². The van der Waals surface area contributed by atoms with E-state index in [0.29, 0.717) is 12.1 Å². The summed E-state index contributed by atoms with van der Waals surface area (Å²) in [7, 11) is 0. The van der Waals surface area contributed by atoms with Gasteiger partial charge in [-0.15, -0.1) is 11.3 Å². The third-order valence-electron chi connectivity index (χ3n) is 4.91. The maximum Gasteiger partial charge on any atom is 0.275 e. The summed E-state index contributed by atoms with van der Waals surface area (Å²) < 4.78 is 14.9. The molecule has 1 fully saturated rings. The highest BCUT2D eigenvalue weighted by atomic mass is 32.1. The lowest BCUT2D eigenvalue weighted by Crippen LogP contribution is -3.11. The lowest BCUT2D eigenvalue weighted by molar-refractivity contribution is -0.910. The number of likely N-dealkylation sites (tertiary alicyclic amines) is 1. The van der Waals surface area contributed by atoms with Crippen LogP contribution in [0.5, 0.6) is 0 Å². The molecule has 1 amide bonds. The quantitative estimate of drug-likeness (QED) is 0.725. The van der Waals surface area contributed by atoms with Crippen molar-refractivity contribution >= 4 is 27.5 Å². The van der Waals surface area contributed by atoms with Crippen LogP contribution in [-0.4, -0.2) is 24.0 Å². The summed E-state index contributed by atoms with van der Waals surface area (Å²) in [4.78, 5) is 18.4. The van der Waals surface area contributed by atoms with E-state index in [1.54, 1.807) is 29.5 Å². The summed E-state index contributed by atoms with van der Waals surface area (Å²) in [5.74, 6) is -0.329. The molecule has 0 aliphatic carbocycles. The minimum atomic E-state index is -0.284. The number of carbonyl (C=O) groups is 1. The molecule has 2 heterocycles. The van der Waals surface area contributed by atoms with Crippen LogP contribution < -0.4 is 10.2 Å². The number of amides is 1. The van der Waals surface area contributed by atoms with Gasteiger partial charge in [-0.1, -0.05) is 30.3 Å². The van der Waals surface area contributed by atoms with Crippen LogP contribution in [0.2, 0.25) is 0 Å². The number of nitrogens with zero attached hydrogens (tertiary/aromatic N) is 1. The first-order chi connectivity index (χ1) is 12.7. The molecule has 4 nitrogen and oxygen atoms in total. The molecule has 1 aliphatic heterocycles. The summed E-state index contributed by atoms with van der Waals surface area (Å²) in [6.45, 7) is 1.59. The van der Waals surface area contributed by atoms with E-state index in [0.717, 1.165) is 29.9 Å². The molecule has 1 saturated heterocycles. The van der Waals surface area contributed by atoms with E-state index in [4.69, 9.17) is 4.98 Å². The van der Waals surface area contributed by atoms with Crippen LogP contribution in [-0.2, 0) is 11.3 Å². The molecule has 1 aliphatic rings. The molecule has 0 radical (unpaired) electrons. The molecule has 4 rings (SSSR count). The highest BCUT2D eigenvalue weighted by Crippen LogP contribution is 2.28. The highest BCUT2D eigenvalue weighted by molar-refractivity contribution is 7.18. The first-order valence-corrected chi connectivity index (χ1v) is 9.72. The van der Waals surface area contributed by atoms with E-state index >= 15 is 0 Å². The molecular formula is C20H21FN3OS+. The van der Waals surface area contributed by atoms with Gasteiger partial charge in [0.1, 0.15) is 11.9 Å². The van der Waals surface area contributed by atoms with Gasteiger partial charge in [-0.2, -0.15) is 0 Å². The molecule has 1 unspecified atom stereocenters. The highest BCUT2D eigenvalue weighted by Gasteiger charge is 2.33. The van der Waals surface area contributed by atoms with Crippen molar-refractivity contribution in [2.45, 2.75) is 25.4 Å². The van der Waals surface area contributed by atoms with Gasteiger partial charge in [-0.05, 0) is 18.2 Å². The van der Waals surface area contributed by atoms with Crippen molar-refractivity contribution in [3.05, 3.63) is 64.9 Å². The van der Waals surface area contributed by atoms with Crippen LogP contribution in [0.15, 0.2) is 48.5 Å². The van der Waals surface area contributed by atoms with Crippen LogP contribution in [0.4, 0.5) is 4.39 Å². The van der Waals surface area contributed by atoms with E-state index in [1.807, 2.05) is 18.2 Å². The Hall–Kier alpha value is -2.31. The first-order valence-electron chi connectivity index (χ1n) is 8.91. The predicted molar refractivity (Wildman–Crippen MR) is 101 cm³/mol. The van der Waals surface area contributed by atoms with Crippen molar-refractivity contribution in [3.63, 3.8) is 0 Å². The number of hydrogen-bond acceptors (Lipinski definition) is 3. The Kier molecular flexibility index (Phi) is 4.95. The normalized spacial score (nSPS) is 19.7. The predicted octanol–water partition coefficient (Wildman–Crippen LogP) is 2.47. The third kappa shape index (κ3) is 3.61. The standard InChI is InChI=1S/C20H20FN3OS/c21-15-7-2-1-6-14(15)12-22-19(25)13-24-11-5-9-17(24)20-23-16-8-3-4-10-18(16)26-20/h1-4,6-8,10,17H,5,9,11-13H2,(H,22,25)/p+1/t17-/m1/s1. The van der Waals surface area contributed by atoms with E-state index in [-0.39, 0.29) is 24.3 Å². The number of halogens is 1. The third-order valence-corrected chi connectivity index (χ3v) is 6.06. The minimum Gasteiger partial charge on any atom is -0.347 e. The molecule has 134 valence electrons. The molecule has 26 heavy (non-hydrogen) atoms. The molecular weight excluding hydrogens is 349 g/mol. The Morgan fingerprint density at radius 2 is 2.04 bits per heavy atom. The molecule has 3 aromatic rings. The molecule has 2 atom stereocenters. The SMILES string of the molecule is O=C(C[NH+]1CCC[C@@H]1c1nc2ccccc2s1)NCc1ccccc1F. The summed E-state index contributed by atoms with van der Waals surface area (Å²) in [5.41, 5.74) is 1.54. The van der Waals surface area contributed by atoms with Crippen molar-refractivity contribution in [1.82, 2.24) is 10.3 Å². The van der Waals surface area contributed by atoms with Gasteiger partial charge in [-0.3, -0.25) is 4.79 Å². The number of benzene rings is 2. The molecule has 2 aromatic carbocycles. The summed E-state index contributed by atoms with van der Waals surface area (Å²) >= 11 is 1.72. The van der Waals surface area contributed by atoms with Crippen molar-refractivity contribution in [3.8, 4) is 0 Å². The van der Waals surface area contributed by atoms with Crippen LogP contribution in [0.1, 0.15) is 29.5 Å². The molecule has 0 saturated carbocycles. The zero-order valence-corrected chi connectivity index (χ0v) is 15.2. The minimum absolute atomic E-state index is 0.0451. The Labute approximate surface area is 155 Å². The van der Waals surface area contributed by atoms with Gasteiger partial charge in [0.25, 0.3) is 5.91 Å². The van der Waals surface area contributed by atoms with Gasteiger partial charge >= 0.3 is 0 Å². The van der Waals surface area contributed by atoms with Gasteiger partial charge in [0, 0.05) is 24.9 Å². The fourth-order valence-electron chi connectivity index (χ4n) is 3.56. The number of carbonyl (C=O) groups excluding carboxylic acids is 1. The molecule has 6 heteroatoms. The number of para-hydroxylation sites is 1. The van der Waals surface area contributed by atoms with Crippen LogP contribution in [0.25, 0.3) is 10.2 Å². The second-order valence-electron chi connectivity index (χ2n) is 6.67. The first kappa shape index (κ1) is 17.1. The Bertz CT molecular complexity index is 893. The van der Waals surface area contributed by atoms with Crippen LogP contribution in [0, 0.1) is 5.82 Å². The Balaban J connectivity index is 1.40. The second-order valence-corrected chi connectivity index (χ2v) is 7.73. The van der Waals surface area contributed by atoms with Crippen molar-refractivity contribution in [2.24, 2.45) is 0 Å². The molecule has 1 aromatic heterocycles. The Morgan fingerprint density at radius 1 is 1.23 bits per heavy atom. The summed E-state index contributed by atoms with van der Waals surface area (Å²) in [6, 6.07) is 15.0. The smallest absolute Gasteiger partial charge is 0.275 e. The number of rotatable bonds is 5. The van der Waals surface area contributed by atoms with E-state index in [9.17, 15) is 9.18 Å². The second kappa shape index (κ2) is 7.51. The zero-order chi connectivity index (χ0) is 17.9. The van der Waals surface area contributed by atoms with E-state index in [2.05, 4.69) is 11.4 Å². The summed E-state index contributed by atoms with van der Waals surface area (Å²) in [5, 5.41) is 3.96. The molecule has 0 spiro atoms. The van der Waals surface area contributed by atoms with Crippen molar-refractivity contribution in [1.29, 1.82) is 0 Å². The van der Waals surface area contributed by atoms with Crippen molar-refractivity contribution < 1.29 is 14.1 Å². The maximum atomic E-state index is 13.7. The van der Waals surface area contributed by atoms with Crippen LogP contribution >= 0.6 is 11.3 Å². The average molecular weight is 370 g/mol. The maximum absolute atomic E-state index is 13.7. The fraction of sp³-hybridized carbons (Fsp3) is 0.300. The van der Waals surface area contributed by atoms with Gasteiger partial charge in [0.05, 0.1) is 16.8 Å². The number of aromatic nitrogens is 1. The summed E-state index contributed by atoms with van der Waals surface area (Å²) in [6.07, 6.45) is 2.15. The average Bonchev–Trinajstić information content (AvgIpc) is 3.27. The zero-order valence-electron chi connectivity index (χ0n) is 14.4. The molecule has 0 bridgehead atoms. The van der Waals surface area contributed by atoms with Gasteiger partial charge < -0.3 is 10.2 Å². The monoisotopic (exact) mass is 370 g/mol. The topological polar surface area (TPSA) is 46.4 Å². The van der Waals surface area contributed by atoms with E-state index < -0.39 is 0 Å². The number of hydrogen-bond donors (Lipinski definition) is 2. The fourth-order valence-corrected chi connectivity index (χ4v) is 4.73. The Morgan fingerprint density at radius 3 is 2.88 bits per heavy atom. The van der Waals surface area contributed by atoms with Gasteiger partial charge in [0.2, 0.25) is 0 Å².